The number of phenols is 2. The molecule has 1 amide bonds. The normalized spacial score (nSPS) is 22.2. The van der Waals surface area contributed by atoms with Crippen molar-refractivity contribution in [1.29, 1.82) is 0 Å². The lowest BCUT2D eigenvalue weighted by molar-refractivity contribution is -0.141. The summed E-state index contributed by atoms with van der Waals surface area (Å²) < 4.78 is 0. The summed E-state index contributed by atoms with van der Waals surface area (Å²) in [6, 6.07) is 12.7. The van der Waals surface area contributed by atoms with Crippen LogP contribution in [0.3, 0.4) is 0 Å². The van der Waals surface area contributed by atoms with Crippen molar-refractivity contribution in [3.63, 3.8) is 0 Å². The molecule has 2 aromatic rings. The van der Waals surface area contributed by atoms with E-state index in [9.17, 15) is 24.9 Å². The summed E-state index contributed by atoms with van der Waals surface area (Å²) in [5.41, 5.74) is 1.81. The molecule has 1 heterocycles. The van der Waals surface area contributed by atoms with E-state index in [0.717, 1.165) is 30.6 Å². The summed E-state index contributed by atoms with van der Waals surface area (Å²) in [6.07, 6.45) is 1.30. The minimum absolute atomic E-state index is 0.0456. The first kappa shape index (κ1) is 23.6. The Labute approximate surface area is 188 Å². The van der Waals surface area contributed by atoms with Crippen molar-refractivity contribution in [1.82, 2.24) is 10.2 Å². The Morgan fingerprint density at radius 3 is 2.50 bits per heavy atom. The predicted octanol–water partition coefficient (Wildman–Crippen LogP) is 2.90. The zero-order chi connectivity index (χ0) is 23.3. The van der Waals surface area contributed by atoms with Crippen molar-refractivity contribution in [2.75, 3.05) is 19.6 Å². The minimum Gasteiger partial charge on any atom is -0.508 e. The van der Waals surface area contributed by atoms with Gasteiger partial charge in [0.2, 0.25) is 5.91 Å². The van der Waals surface area contributed by atoms with E-state index in [1.165, 1.54) is 12.1 Å². The molecule has 7 nitrogen and oxygen atoms in total. The molecule has 1 aliphatic rings. The molecular formula is C25H32N2O5. The fourth-order valence-corrected chi connectivity index (χ4v) is 4.40. The van der Waals surface area contributed by atoms with Gasteiger partial charge in [-0.3, -0.25) is 4.79 Å². The van der Waals surface area contributed by atoms with Crippen LogP contribution in [0.15, 0.2) is 48.5 Å². The summed E-state index contributed by atoms with van der Waals surface area (Å²) in [5, 5.41) is 31.3. The van der Waals surface area contributed by atoms with Gasteiger partial charge in [0.15, 0.2) is 0 Å². The lowest BCUT2D eigenvalue weighted by Crippen LogP contribution is -2.48. The molecular weight excluding hydrogens is 408 g/mol. The van der Waals surface area contributed by atoms with Gasteiger partial charge in [-0.2, -0.15) is 0 Å². The van der Waals surface area contributed by atoms with Crippen LogP contribution in [-0.2, 0) is 21.4 Å². The number of nitrogens with one attached hydrogen (secondary N) is 1. The number of hydrogen-bond donors (Lipinski definition) is 4. The van der Waals surface area contributed by atoms with Gasteiger partial charge in [0.25, 0.3) is 0 Å². The molecule has 172 valence electrons. The van der Waals surface area contributed by atoms with Gasteiger partial charge in [0, 0.05) is 25.9 Å². The highest BCUT2D eigenvalue weighted by Crippen LogP contribution is 2.40. The monoisotopic (exact) mass is 440 g/mol. The molecule has 0 saturated carbocycles. The molecule has 1 saturated heterocycles. The Morgan fingerprint density at radius 1 is 1.16 bits per heavy atom. The number of aliphatic carboxylic acids is 1. The predicted molar refractivity (Wildman–Crippen MR) is 122 cm³/mol. The average Bonchev–Trinajstić information content (AvgIpc) is 2.75. The second kappa shape index (κ2) is 10.0. The van der Waals surface area contributed by atoms with E-state index in [0.29, 0.717) is 12.5 Å². The summed E-state index contributed by atoms with van der Waals surface area (Å²) >= 11 is 0. The average molecular weight is 441 g/mol. The van der Waals surface area contributed by atoms with Gasteiger partial charge in [-0.25, -0.2) is 4.79 Å². The van der Waals surface area contributed by atoms with Gasteiger partial charge in [-0.05, 0) is 59.7 Å². The Kier molecular flexibility index (Phi) is 7.40. The number of hydrogen-bond acceptors (Lipinski definition) is 5. The highest BCUT2D eigenvalue weighted by molar-refractivity contribution is 5.83. The first-order valence-corrected chi connectivity index (χ1v) is 11.0. The van der Waals surface area contributed by atoms with Crippen molar-refractivity contribution in [3.05, 3.63) is 59.7 Å². The SMILES string of the molecule is C[C@H]1CN(CCC(=O)N[C@@H](Cc2ccc(O)cc2)C(=O)O)CC[C@@]1(C)c1cccc(O)c1. The molecule has 0 aromatic heterocycles. The number of carbonyl (C=O) groups is 2. The minimum atomic E-state index is -1.08. The van der Waals surface area contributed by atoms with E-state index < -0.39 is 12.0 Å². The van der Waals surface area contributed by atoms with E-state index in [4.69, 9.17) is 0 Å². The zero-order valence-corrected chi connectivity index (χ0v) is 18.6. The molecule has 7 heteroatoms. The largest absolute Gasteiger partial charge is 0.508 e. The number of amides is 1. The van der Waals surface area contributed by atoms with Crippen LogP contribution in [0.1, 0.15) is 37.8 Å². The number of nitrogens with zero attached hydrogens (tertiary/aromatic N) is 1. The van der Waals surface area contributed by atoms with Crippen LogP contribution in [0.25, 0.3) is 0 Å². The maximum atomic E-state index is 12.4. The van der Waals surface area contributed by atoms with E-state index in [1.807, 2.05) is 12.1 Å². The molecule has 4 N–H and O–H groups in total. The van der Waals surface area contributed by atoms with Gasteiger partial charge >= 0.3 is 5.97 Å². The van der Waals surface area contributed by atoms with Crippen molar-refractivity contribution >= 4 is 11.9 Å². The lowest BCUT2D eigenvalue weighted by Gasteiger charge is -2.45. The molecule has 3 rings (SSSR count). The van der Waals surface area contributed by atoms with Gasteiger partial charge in [0.1, 0.15) is 17.5 Å². The van der Waals surface area contributed by atoms with Crippen molar-refractivity contribution in [2.45, 2.75) is 44.6 Å². The van der Waals surface area contributed by atoms with Crippen LogP contribution < -0.4 is 5.32 Å². The highest BCUT2D eigenvalue weighted by atomic mass is 16.4. The van der Waals surface area contributed by atoms with Gasteiger partial charge in [-0.15, -0.1) is 0 Å². The number of piperidine rings is 1. The molecule has 2 aromatic carbocycles. The zero-order valence-electron chi connectivity index (χ0n) is 18.6. The number of phenolic OH excluding ortho intramolecular Hbond substituents is 2. The van der Waals surface area contributed by atoms with Crippen LogP contribution in [0, 0.1) is 5.92 Å². The third-order valence-corrected chi connectivity index (χ3v) is 6.74. The van der Waals surface area contributed by atoms with E-state index >= 15 is 0 Å². The number of rotatable bonds is 8. The fraction of sp³-hybridized carbons (Fsp3) is 0.440. The van der Waals surface area contributed by atoms with E-state index in [1.54, 1.807) is 18.2 Å². The summed E-state index contributed by atoms with van der Waals surface area (Å²) in [5.74, 6) is -0.650. The van der Waals surface area contributed by atoms with E-state index in [2.05, 4.69) is 30.1 Å². The first-order chi connectivity index (χ1) is 15.2. The molecule has 0 bridgehead atoms. The molecule has 1 fully saturated rings. The first-order valence-electron chi connectivity index (χ1n) is 11.0. The van der Waals surface area contributed by atoms with Crippen LogP contribution in [0.5, 0.6) is 11.5 Å². The third kappa shape index (κ3) is 5.79. The Hall–Kier alpha value is -3.06. The number of aromatic hydroxyl groups is 2. The molecule has 3 atom stereocenters. The second-order valence-electron chi connectivity index (χ2n) is 9.00. The Morgan fingerprint density at radius 2 is 1.88 bits per heavy atom. The molecule has 0 unspecified atom stereocenters. The molecule has 1 aliphatic heterocycles. The van der Waals surface area contributed by atoms with Gasteiger partial charge in [0.05, 0.1) is 0 Å². The number of carboxylic acid groups (broad SMARTS) is 1. The quantitative estimate of drug-likeness (QED) is 0.502. The fourth-order valence-electron chi connectivity index (χ4n) is 4.40. The topological polar surface area (TPSA) is 110 Å². The maximum absolute atomic E-state index is 12.4. The third-order valence-electron chi connectivity index (χ3n) is 6.74. The smallest absolute Gasteiger partial charge is 0.326 e. The summed E-state index contributed by atoms with van der Waals surface area (Å²) in [6.45, 7) is 6.64. The van der Waals surface area contributed by atoms with Crippen molar-refractivity contribution < 1.29 is 24.9 Å². The number of carboxylic acids is 1. The van der Waals surface area contributed by atoms with Gasteiger partial charge in [-0.1, -0.05) is 38.1 Å². The second-order valence-corrected chi connectivity index (χ2v) is 9.00. The highest BCUT2D eigenvalue weighted by Gasteiger charge is 2.38. The Balaban J connectivity index is 1.51. The van der Waals surface area contributed by atoms with Crippen molar-refractivity contribution in [2.24, 2.45) is 5.92 Å². The number of carbonyl (C=O) groups excluding carboxylic acids is 1. The molecule has 32 heavy (non-hydrogen) atoms. The standard InChI is InChI=1S/C25H32N2O5/c1-17-16-27(13-11-25(17,2)19-4-3-5-21(29)15-19)12-10-23(30)26-22(24(31)32)14-18-6-8-20(28)9-7-18/h3-9,15,17,22,28-29H,10-14,16H2,1-2H3,(H,26,30)(H,31,32)/t17-,22-,25+/m0/s1. The molecule has 0 aliphatic carbocycles. The molecule has 0 radical (unpaired) electrons. The summed E-state index contributed by atoms with van der Waals surface area (Å²) in [4.78, 5) is 26.3. The summed E-state index contributed by atoms with van der Waals surface area (Å²) in [7, 11) is 0. The van der Waals surface area contributed by atoms with Crippen LogP contribution >= 0.6 is 0 Å². The van der Waals surface area contributed by atoms with Crippen LogP contribution in [0.4, 0.5) is 0 Å². The van der Waals surface area contributed by atoms with E-state index in [-0.39, 0.29) is 35.7 Å². The number of benzene rings is 2. The lowest BCUT2D eigenvalue weighted by atomic mass is 9.68. The Bertz CT molecular complexity index is 946. The van der Waals surface area contributed by atoms with Crippen molar-refractivity contribution in [3.8, 4) is 11.5 Å². The maximum Gasteiger partial charge on any atom is 0.326 e. The number of likely N-dealkylation sites (tertiary alicyclic amines) is 1. The van der Waals surface area contributed by atoms with Crippen LogP contribution in [0.2, 0.25) is 0 Å². The van der Waals surface area contributed by atoms with Gasteiger partial charge < -0.3 is 25.5 Å². The molecule has 0 spiro atoms. The van der Waals surface area contributed by atoms with Crippen LogP contribution in [-0.4, -0.2) is 57.8 Å².